The third kappa shape index (κ3) is 7.82. The van der Waals surface area contributed by atoms with Crippen LogP contribution < -0.4 is 9.62 Å². The summed E-state index contributed by atoms with van der Waals surface area (Å²) in [6.45, 7) is 9.10. The van der Waals surface area contributed by atoms with Gasteiger partial charge in [-0.05, 0) is 91.9 Å². The maximum atomic E-state index is 13.9. The molecule has 0 saturated carbocycles. The van der Waals surface area contributed by atoms with Crippen molar-refractivity contribution in [2.45, 2.75) is 52.1 Å². The van der Waals surface area contributed by atoms with E-state index in [0.29, 0.717) is 22.8 Å². The van der Waals surface area contributed by atoms with Gasteiger partial charge in [-0.1, -0.05) is 43.6 Å². The fourth-order valence-corrected chi connectivity index (χ4v) is 5.50. The predicted molar refractivity (Wildman–Crippen MR) is 156 cm³/mol. The van der Waals surface area contributed by atoms with Gasteiger partial charge in [0.2, 0.25) is 11.8 Å². The number of carbonyl (C=O) groups excluding carboxylic acids is 2. The summed E-state index contributed by atoms with van der Waals surface area (Å²) in [6.07, 6.45) is 0. The summed E-state index contributed by atoms with van der Waals surface area (Å²) in [5.74, 6) is -1.20. The average molecular weight is 588 g/mol. The van der Waals surface area contributed by atoms with Crippen LogP contribution in [0.4, 0.5) is 10.1 Å². The third-order valence-corrected chi connectivity index (χ3v) is 8.62. The monoisotopic (exact) mass is 587 g/mol. The number of halogens is 2. The second-order valence-electron chi connectivity index (χ2n) is 10.2. The normalized spacial score (nSPS) is 12.2. The Kier molecular flexibility index (Phi) is 10.3. The summed E-state index contributed by atoms with van der Waals surface area (Å²) >= 11 is 5.99. The highest BCUT2D eigenvalue weighted by Crippen LogP contribution is 2.27. The number of rotatable bonds is 11. The molecule has 3 aromatic carbocycles. The van der Waals surface area contributed by atoms with Gasteiger partial charge in [-0.2, -0.15) is 0 Å². The van der Waals surface area contributed by atoms with Gasteiger partial charge in [0.25, 0.3) is 10.0 Å². The van der Waals surface area contributed by atoms with Gasteiger partial charge in [0.15, 0.2) is 0 Å². The van der Waals surface area contributed by atoms with Crippen molar-refractivity contribution in [3.8, 4) is 0 Å². The molecular formula is C30H35ClFN3O4S. The number of hydrogen-bond donors (Lipinski definition) is 1. The minimum atomic E-state index is -4.20. The van der Waals surface area contributed by atoms with Crippen LogP contribution in [0.25, 0.3) is 0 Å². The van der Waals surface area contributed by atoms with Crippen LogP contribution in [-0.2, 0) is 26.2 Å². The Balaban J connectivity index is 2.03. The van der Waals surface area contributed by atoms with E-state index in [9.17, 15) is 22.4 Å². The zero-order valence-electron chi connectivity index (χ0n) is 23.3. The maximum absolute atomic E-state index is 13.9. The van der Waals surface area contributed by atoms with Crippen LogP contribution in [-0.4, -0.2) is 44.3 Å². The minimum absolute atomic E-state index is 0.0167. The molecule has 10 heteroatoms. The van der Waals surface area contributed by atoms with E-state index in [4.69, 9.17) is 11.6 Å². The quantitative estimate of drug-likeness (QED) is 0.322. The molecule has 0 aromatic heterocycles. The van der Waals surface area contributed by atoms with Gasteiger partial charge in [0.05, 0.1) is 10.6 Å². The zero-order valence-corrected chi connectivity index (χ0v) is 24.9. The van der Waals surface area contributed by atoms with Crippen molar-refractivity contribution in [1.82, 2.24) is 10.2 Å². The van der Waals surface area contributed by atoms with Crippen molar-refractivity contribution < 1.29 is 22.4 Å². The number of nitrogens with zero attached hydrogens (tertiary/aromatic N) is 2. The molecule has 214 valence electrons. The van der Waals surface area contributed by atoms with Crippen LogP contribution >= 0.6 is 11.6 Å². The highest BCUT2D eigenvalue weighted by molar-refractivity contribution is 7.92. The lowest BCUT2D eigenvalue weighted by Gasteiger charge is -2.32. The predicted octanol–water partition coefficient (Wildman–Crippen LogP) is 5.48. The van der Waals surface area contributed by atoms with Crippen LogP contribution in [0.15, 0.2) is 71.6 Å². The molecule has 0 aliphatic carbocycles. The van der Waals surface area contributed by atoms with Crippen LogP contribution in [0.2, 0.25) is 5.02 Å². The van der Waals surface area contributed by atoms with Gasteiger partial charge in [-0.15, -0.1) is 0 Å². The van der Waals surface area contributed by atoms with Crippen molar-refractivity contribution in [3.63, 3.8) is 0 Å². The second kappa shape index (κ2) is 13.3. The number of aryl methyl sites for hydroxylation is 2. The van der Waals surface area contributed by atoms with Crippen molar-refractivity contribution >= 4 is 39.1 Å². The second-order valence-corrected chi connectivity index (χ2v) is 12.5. The van der Waals surface area contributed by atoms with E-state index in [0.717, 1.165) is 15.4 Å². The first-order valence-corrected chi connectivity index (χ1v) is 14.8. The number of hydrogen-bond acceptors (Lipinski definition) is 4. The first-order chi connectivity index (χ1) is 18.8. The minimum Gasteiger partial charge on any atom is -0.354 e. The lowest BCUT2D eigenvalue weighted by Crippen LogP contribution is -2.51. The summed E-state index contributed by atoms with van der Waals surface area (Å²) in [7, 11) is -4.20. The van der Waals surface area contributed by atoms with E-state index in [1.807, 2.05) is 27.7 Å². The molecule has 1 N–H and O–H groups in total. The Labute approximate surface area is 241 Å². The number of carbonyl (C=O) groups is 2. The van der Waals surface area contributed by atoms with E-state index in [-0.39, 0.29) is 23.3 Å². The summed E-state index contributed by atoms with van der Waals surface area (Å²) in [4.78, 5) is 28.2. The molecule has 0 spiro atoms. The fraction of sp³-hybridized carbons (Fsp3) is 0.333. The molecule has 3 rings (SSSR count). The van der Waals surface area contributed by atoms with Gasteiger partial charge in [0, 0.05) is 18.1 Å². The van der Waals surface area contributed by atoms with Gasteiger partial charge in [0.1, 0.15) is 18.4 Å². The molecule has 0 saturated heterocycles. The number of anilines is 1. The molecule has 0 aliphatic heterocycles. The van der Waals surface area contributed by atoms with Gasteiger partial charge < -0.3 is 10.2 Å². The molecule has 7 nitrogen and oxygen atoms in total. The smallest absolute Gasteiger partial charge is 0.264 e. The molecule has 0 aliphatic rings. The summed E-state index contributed by atoms with van der Waals surface area (Å²) in [6, 6.07) is 15.5. The van der Waals surface area contributed by atoms with Crippen molar-refractivity contribution in [3.05, 3.63) is 94.3 Å². The Morgan fingerprint density at radius 2 is 1.55 bits per heavy atom. The van der Waals surface area contributed by atoms with Gasteiger partial charge >= 0.3 is 0 Å². The first kappa shape index (κ1) is 31.1. The highest BCUT2D eigenvalue weighted by atomic mass is 35.5. The average Bonchev–Trinajstić information content (AvgIpc) is 2.91. The standard InChI is InChI=1S/C30H35ClFN3O4S/c1-20(2)17-33-30(37)23(5)34(18-24-7-11-26(32)12-8-24)29(36)19-35(27-13-6-21(3)22(4)16-27)40(38,39)28-14-9-25(31)10-15-28/h6-16,20,23H,17-19H2,1-5H3,(H,33,37)/t23-/m1/s1. The maximum Gasteiger partial charge on any atom is 0.264 e. The summed E-state index contributed by atoms with van der Waals surface area (Å²) < 4.78 is 42.3. The fourth-order valence-electron chi connectivity index (χ4n) is 3.96. The SMILES string of the molecule is Cc1ccc(N(CC(=O)N(Cc2ccc(F)cc2)[C@H](C)C(=O)NCC(C)C)S(=O)(=O)c2ccc(Cl)cc2)cc1C. The lowest BCUT2D eigenvalue weighted by atomic mass is 10.1. The van der Waals surface area contributed by atoms with Crippen LogP contribution in [0.5, 0.6) is 0 Å². The Hall–Kier alpha value is -3.43. The Morgan fingerprint density at radius 3 is 2.12 bits per heavy atom. The van der Waals surface area contributed by atoms with Crippen LogP contribution in [0.3, 0.4) is 0 Å². The molecule has 0 fully saturated rings. The third-order valence-electron chi connectivity index (χ3n) is 6.58. The van der Waals surface area contributed by atoms with Gasteiger partial charge in [-0.25, -0.2) is 12.8 Å². The molecular weight excluding hydrogens is 553 g/mol. The highest BCUT2D eigenvalue weighted by Gasteiger charge is 2.32. The number of nitrogens with one attached hydrogen (secondary N) is 1. The Bertz CT molecular complexity index is 1440. The molecule has 2 amide bonds. The first-order valence-electron chi connectivity index (χ1n) is 13.0. The topological polar surface area (TPSA) is 86.8 Å². The van der Waals surface area contributed by atoms with Crippen LogP contribution in [0, 0.1) is 25.6 Å². The Morgan fingerprint density at radius 1 is 0.925 bits per heavy atom. The molecule has 0 bridgehead atoms. The molecule has 0 heterocycles. The molecule has 0 radical (unpaired) electrons. The van der Waals surface area contributed by atoms with E-state index < -0.39 is 34.3 Å². The molecule has 1 atom stereocenters. The number of benzene rings is 3. The lowest BCUT2D eigenvalue weighted by molar-refractivity contribution is -0.139. The van der Waals surface area contributed by atoms with E-state index in [1.165, 1.54) is 53.4 Å². The molecule has 3 aromatic rings. The van der Waals surface area contributed by atoms with Crippen molar-refractivity contribution in [2.24, 2.45) is 5.92 Å². The van der Waals surface area contributed by atoms with E-state index in [1.54, 1.807) is 25.1 Å². The molecule has 0 unspecified atom stereocenters. The van der Waals surface area contributed by atoms with E-state index >= 15 is 0 Å². The zero-order chi connectivity index (χ0) is 29.6. The number of amides is 2. The van der Waals surface area contributed by atoms with Gasteiger partial charge in [-0.3, -0.25) is 13.9 Å². The summed E-state index contributed by atoms with van der Waals surface area (Å²) in [5, 5.41) is 3.21. The summed E-state index contributed by atoms with van der Waals surface area (Å²) in [5.41, 5.74) is 2.72. The van der Waals surface area contributed by atoms with Crippen LogP contribution in [0.1, 0.15) is 37.5 Å². The van der Waals surface area contributed by atoms with Crippen molar-refractivity contribution in [2.75, 3.05) is 17.4 Å². The molecule has 40 heavy (non-hydrogen) atoms. The van der Waals surface area contributed by atoms with E-state index in [2.05, 4.69) is 5.32 Å². The largest absolute Gasteiger partial charge is 0.354 e. The van der Waals surface area contributed by atoms with Crippen molar-refractivity contribution in [1.29, 1.82) is 0 Å². The number of sulfonamides is 1.